The summed E-state index contributed by atoms with van der Waals surface area (Å²) in [4.78, 5) is 0. The molecule has 2 N–H and O–H groups in total. The third kappa shape index (κ3) is 1.79. The Bertz CT molecular complexity index is 385. The van der Waals surface area contributed by atoms with Crippen molar-refractivity contribution in [2.45, 2.75) is 31.7 Å². The maximum Gasteiger partial charge on any atom is 0.126 e. The first-order valence-electron chi connectivity index (χ1n) is 5.20. The molecule has 0 amide bonds. The summed E-state index contributed by atoms with van der Waals surface area (Å²) in [6.45, 7) is 2.05. The zero-order valence-electron chi connectivity index (χ0n) is 9.14. The SMILES string of the molecule is COc1c(C)cc(Br)cc1C1(N)CCC1. The Labute approximate surface area is 98.9 Å². The van der Waals surface area contributed by atoms with Gasteiger partial charge in [0.05, 0.1) is 7.11 Å². The van der Waals surface area contributed by atoms with Crippen molar-refractivity contribution in [1.29, 1.82) is 0 Å². The summed E-state index contributed by atoms with van der Waals surface area (Å²) in [6.07, 6.45) is 3.32. The van der Waals surface area contributed by atoms with Gasteiger partial charge >= 0.3 is 0 Å². The van der Waals surface area contributed by atoms with Gasteiger partial charge in [-0.2, -0.15) is 0 Å². The van der Waals surface area contributed by atoms with Crippen molar-refractivity contribution in [3.8, 4) is 5.75 Å². The minimum atomic E-state index is -0.167. The maximum absolute atomic E-state index is 6.34. The van der Waals surface area contributed by atoms with Gasteiger partial charge in [0.15, 0.2) is 0 Å². The quantitative estimate of drug-likeness (QED) is 0.896. The number of methoxy groups -OCH3 is 1. The molecule has 0 aromatic heterocycles. The summed E-state index contributed by atoms with van der Waals surface area (Å²) in [6, 6.07) is 4.15. The Morgan fingerprint density at radius 2 is 2.07 bits per heavy atom. The minimum Gasteiger partial charge on any atom is -0.496 e. The molecule has 0 heterocycles. The van der Waals surface area contributed by atoms with E-state index >= 15 is 0 Å². The lowest BCUT2D eigenvalue weighted by atomic mass is 9.72. The van der Waals surface area contributed by atoms with Gasteiger partial charge in [-0.3, -0.25) is 0 Å². The van der Waals surface area contributed by atoms with Gasteiger partial charge in [-0.1, -0.05) is 15.9 Å². The predicted octanol–water partition coefficient (Wildman–Crippen LogP) is 3.10. The largest absolute Gasteiger partial charge is 0.496 e. The van der Waals surface area contributed by atoms with Crippen molar-refractivity contribution < 1.29 is 4.74 Å². The smallest absolute Gasteiger partial charge is 0.126 e. The van der Waals surface area contributed by atoms with Gasteiger partial charge in [0.1, 0.15) is 5.75 Å². The van der Waals surface area contributed by atoms with E-state index in [1.165, 1.54) is 6.42 Å². The molecule has 0 unspecified atom stereocenters. The van der Waals surface area contributed by atoms with Gasteiger partial charge in [0.25, 0.3) is 0 Å². The van der Waals surface area contributed by atoms with E-state index in [1.54, 1.807) is 7.11 Å². The molecule has 82 valence electrons. The molecular weight excluding hydrogens is 254 g/mol. The fourth-order valence-corrected chi connectivity index (χ4v) is 2.77. The number of nitrogens with two attached hydrogens (primary N) is 1. The number of benzene rings is 1. The van der Waals surface area contributed by atoms with Gasteiger partial charge in [-0.15, -0.1) is 0 Å². The zero-order valence-corrected chi connectivity index (χ0v) is 10.7. The van der Waals surface area contributed by atoms with Crippen molar-refractivity contribution in [3.05, 3.63) is 27.7 Å². The zero-order chi connectivity index (χ0) is 11.1. The van der Waals surface area contributed by atoms with Crippen molar-refractivity contribution in [3.63, 3.8) is 0 Å². The highest BCUT2D eigenvalue weighted by atomic mass is 79.9. The molecule has 3 heteroatoms. The monoisotopic (exact) mass is 269 g/mol. The number of rotatable bonds is 2. The van der Waals surface area contributed by atoms with Gasteiger partial charge in [0, 0.05) is 15.6 Å². The van der Waals surface area contributed by atoms with Crippen molar-refractivity contribution in [2.24, 2.45) is 5.73 Å². The lowest BCUT2D eigenvalue weighted by Crippen LogP contribution is -2.43. The topological polar surface area (TPSA) is 35.2 Å². The predicted molar refractivity (Wildman–Crippen MR) is 65.1 cm³/mol. The number of halogens is 1. The first-order chi connectivity index (χ1) is 7.07. The van der Waals surface area contributed by atoms with Crippen molar-refractivity contribution >= 4 is 15.9 Å². The highest BCUT2D eigenvalue weighted by molar-refractivity contribution is 9.10. The second-order valence-corrected chi connectivity index (χ2v) is 5.23. The summed E-state index contributed by atoms with van der Waals surface area (Å²) in [7, 11) is 1.71. The summed E-state index contributed by atoms with van der Waals surface area (Å²) >= 11 is 3.51. The van der Waals surface area contributed by atoms with E-state index in [0.29, 0.717) is 0 Å². The second kappa shape index (κ2) is 3.80. The molecule has 0 radical (unpaired) electrons. The first-order valence-corrected chi connectivity index (χ1v) is 5.99. The second-order valence-electron chi connectivity index (χ2n) is 4.31. The standard InChI is InChI=1S/C12H16BrNO/c1-8-6-9(13)7-10(11(8)15-2)12(14)4-3-5-12/h6-7H,3-5,14H2,1-2H3. The lowest BCUT2D eigenvalue weighted by Gasteiger charge is -2.39. The molecular formula is C12H16BrNO. The number of ether oxygens (including phenoxy) is 1. The minimum absolute atomic E-state index is 0.167. The summed E-state index contributed by atoms with van der Waals surface area (Å²) in [5.41, 5.74) is 8.45. The average Bonchev–Trinajstić information content (AvgIpc) is 2.13. The normalized spacial score (nSPS) is 18.4. The van der Waals surface area contributed by atoms with Crippen LogP contribution in [-0.4, -0.2) is 7.11 Å². The van der Waals surface area contributed by atoms with Crippen molar-refractivity contribution in [1.82, 2.24) is 0 Å². The van der Waals surface area contributed by atoms with Crippen LogP contribution in [0.4, 0.5) is 0 Å². The van der Waals surface area contributed by atoms with E-state index in [2.05, 4.69) is 35.0 Å². The van der Waals surface area contributed by atoms with Crippen LogP contribution in [0.15, 0.2) is 16.6 Å². The molecule has 1 fully saturated rings. The fraction of sp³-hybridized carbons (Fsp3) is 0.500. The van der Waals surface area contributed by atoms with E-state index in [9.17, 15) is 0 Å². The van der Waals surface area contributed by atoms with Crippen LogP contribution in [0.1, 0.15) is 30.4 Å². The molecule has 0 saturated heterocycles. The molecule has 2 nitrogen and oxygen atoms in total. The molecule has 1 aliphatic rings. The van der Waals surface area contributed by atoms with E-state index in [-0.39, 0.29) is 5.54 Å². The third-order valence-corrected chi connectivity index (χ3v) is 3.68. The van der Waals surface area contributed by atoms with E-state index in [4.69, 9.17) is 10.5 Å². The lowest BCUT2D eigenvalue weighted by molar-refractivity contribution is 0.243. The Hall–Kier alpha value is -0.540. The van der Waals surface area contributed by atoms with Gasteiger partial charge in [0.2, 0.25) is 0 Å². The third-order valence-electron chi connectivity index (χ3n) is 3.23. The molecule has 1 aromatic carbocycles. The number of aryl methyl sites for hydroxylation is 1. The van der Waals surface area contributed by atoms with Gasteiger partial charge < -0.3 is 10.5 Å². The molecule has 1 aromatic rings. The Balaban J connectivity index is 2.53. The van der Waals surface area contributed by atoms with Crippen LogP contribution in [0.2, 0.25) is 0 Å². The van der Waals surface area contributed by atoms with Crippen molar-refractivity contribution in [2.75, 3.05) is 7.11 Å². The van der Waals surface area contributed by atoms with Crippen LogP contribution in [0.5, 0.6) is 5.75 Å². The number of hydrogen-bond donors (Lipinski definition) is 1. The fourth-order valence-electron chi connectivity index (χ4n) is 2.20. The summed E-state index contributed by atoms with van der Waals surface area (Å²) in [5, 5.41) is 0. The molecule has 15 heavy (non-hydrogen) atoms. The maximum atomic E-state index is 6.34. The van der Waals surface area contributed by atoms with Crippen LogP contribution in [0, 0.1) is 6.92 Å². The molecule has 1 aliphatic carbocycles. The van der Waals surface area contributed by atoms with Crippen LogP contribution in [-0.2, 0) is 5.54 Å². The average molecular weight is 270 g/mol. The van der Waals surface area contributed by atoms with E-state index in [0.717, 1.165) is 34.2 Å². The molecule has 0 aliphatic heterocycles. The Kier molecular flexibility index (Phi) is 2.77. The van der Waals surface area contributed by atoms with Crippen LogP contribution >= 0.6 is 15.9 Å². The first kappa shape index (κ1) is 11.0. The van der Waals surface area contributed by atoms with Crippen LogP contribution in [0.25, 0.3) is 0 Å². The van der Waals surface area contributed by atoms with Gasteiger partial charge in [-0.05, 0) is 43.9 Å². The van der Waals surface area contributed by atoms with Crippen LogP contribution < -0.4 is 10.5 Å². The Morgan fingerprint density at radius 3 is 2.53 bits per heavy atom. The Morgan fingerprint density at radius 1 is 1.40 bits per heavy atom. The highest BCUT2D eigenvalue weighted by Crippen LogP contribution is 2.44. The molecule has 0 bridgehead atoms. The van der Waals surface area contributed by atoms with E-state index < -0.39 is 0 Å². The summed E-state index contributed by atoms with van der Waals surface area (Å²) < 4.78 is 6.53. The van der Waals surface area contributed by atoms with Gasteiger partial charge in [-0.25, -0.2) is 0 Å². The van der Waals surface area contributed by atoms with Crippen LogP contribution in [0.3, 0.4) is 0 Å². The highest BCUT2D eigenvalue weighted by Gasteiger charge is 2.37. The molecule has 0 atom stereocenters. The van der Waals surface area contributed by atoms with E-state index in [1.807, 2.05) is 0 Å². The summed E-state index contributed by atoms with van der Waals surface area (Å²) in [5.74, 6) is 0.945. The molecule has 1 saturated carbocycles. The molecule has 2 rings (SSSR count). The molecule has 0 spiro atoms. The number of hydrogen-bond acceptors (Lipinski definition) is 2.